The summed E-state index contributed by atoms with van der Waals surface area (Å²) in [7, 11) is 1.72. The number of carbonyl (C=O) groups excluding carboxylic acids is 1. The second-order valence-corrected chi connectivity index (χ2v) is 3.92. The first-order chi connectivity index (χ1) is 6.15. The number of aliphatic hydroxyl groups excluding tert-OH is 1. The summed E-state index contributed by atoms with van der Waals surface area (Å²) in [5.74, 6) is -0.0394. The van der Waals surface area contributed by atoms with E-state index in [1.807, 2.05) is 13.2 Å². The Kier molecular flexibility index (Phi) is 11.3. The molecule has 0 heterocycles. The van der Waals surface area contributed by atoms with Gasteiger partial charge in [-0.25, -0.2) is 0 Å². The Morgan fingerprint density at radius 3 is 2.50 bits per heavy atom. The molecule has 86 valence electrons. The summed E-state index contributed by atoms with van der Waals surface area (Å²) in [4.78, 5) is 11.1. The van der Waals surface area contributed by atoms with Gasteiger partial charge in [-0.05, 0) is 20.2 Å². The summed E-state index contributed by atoms with van der Waals surface area (Å²) in [6.45, 7) is 2.30. The molecule has 2 atom stereocenters. The fourth-order valence-corrected chi connectivity index (χ4v) is 1.62. The van der Waals surface area contributed by atoms with Crippen molar-refractivity contribution in [3.63, 3.8) is 0 Å². The quantitative estimate of drug-likeness (QED) is 0.607. The van der Waals surface area contributed by atoms with Gasteiger partial charge in [0, 0.05) is 11.3 Å². The van der Waals surface area contributed by atoms with Gasteiger partial charge in [0.25, 0.3) is 0 Å². The number of thioether (sulfide) groups is 1. The number of nitrogens with one attached hydrogen (secondary N) is 2. The molecule has 0 aliphatic heterocycles. The Morgan fingerprint density at radius 2 is 2.14 bits per heavy atom. The normalized spacial score (nSPS) is 14.0. The molecule has 0 aromatic carbocycles. The fourth-order valence-electron chi connectivity index (χ4n) is 0.995. The van der Waals surface area contributed by atoms with E-state index in [-0.39, 0.29) is 36.2 Å². The third-order valence-corrected chi connectivity index (χ3v) is 2.93. The standard InChI is InChI=1S/C8H18N2O2S.ClH/c1-6(7(5-11)13-3)10-8(12)4-9-2;/h6-7,9,11H,4-5H2,1-3H3,(H,10,12);1H. The van der Waals surface area contributed by atoms with Crippen LogP contribution in [0.15, 0.2) is 0 Å². The molecule has 0 saturated heterocycles. The zero-order valence-electron chi connectivity index (χ0n) is 8.74. The Bertz CT molecular complexity index is 156. The van der Waals surface area contributed by atoms with E-state index in [4.69, 9.17) is 5.11 Å². The van der Waals surface area contributed by atoms with Crippen LogP contribution in [0.1, 0.15) is 6.92 Å². The first kappa shape index (κ1) is 16.5. The van der Waals surface area contributed by atoms with Crippen molar-refractivity contribution in [2.45, 2.75) is 18.2 Å². The van der Waals surface area contributed by atoms with Gasteiger partial charge in [-0.15, -0.1) is 12.4 Å². The highest BCUT2D eigenvalue weighted by molar-refractivity contribution is 7.99. The van der Waals surface area contributed by atoms with Crippen LogP contribution >= 0.6 is 24.2 Å². The minimum Gasteiger partial charge on any atom is -0.395 e. The number of carbonyl (C=O) groups is 1. The highest BCUT2D eigenvalue weighted by Crippen LogP contribution is 2.09. The SMILES string of the molecule is CNCC(=O)NC(C)C(CO)SC.Cl. The molecule has 0 bridgehead atoms. The Hall–Kier alpha value is 0.0300. The van der Waals surface area contributed by atoms with Crippen LogP contribution in [-0.2, 0) is 4.79 Å². The maximum absolute atomic E-state index is 11.1. The number of aliphatic hydroxyl groups is 1. The van der Waals surface area contributed by atoms with Crippen molar-refractivity contribution in [1.29, 1.82) is 0 Å². The van der Waals surface area contributed by atoms with Crippen LogP contribution in [0.4, 0.5) is 0 Å². The lowest BCUT2D eigenvalue weighted by molar-refractivity contribution is -0.120. The van der Waals surface area contributed by atoms with E-state index in [1.165, 1.54) is 0 Å². The lowest BCUT2D eigenvalue weighted by Crippen LogP contribution is -2.44. The van der Waals surface area contributed by atoms with Gasteiger partial charge in [0.15, 0.2) is 0 Å². The molecule has 6 heteroatoms. The summed E-state index contributed by atoms with van der Waals surface area (Å²) >= 11 is 1.55. The van der Waals surface area contributed by atoms with E-state index in [9.17, 15) is 4.79 Å². The maximum Gasteiger partial charge on any atom is 0.234 e. The van der Waals surface area contributed by atoms with Crippen LogP contribution < -0.4 is 10.6 Å². The fraction of sp³-hybridized carbons (Fsp3) is 0.875. The number of amides is 1. The molecule has 0 spiro atoms. The van der Waals surface area contributed by atoms with Crippen molar-refractivity contribution in [3.8, 4) is 0 Å². The van der Waals surface area contributed by atoms with Gasteiger partial charge >= 0.3 is 0 Å². The minimum atomic E-state index is -0.0394. The second-order valence-electron chi connectivity index (χ2n) is 2.84. The molecule has 0 fully saturated rings. The second kappa shape index (κ2) is 9.58. The van der Waals surface area contributed by atoms with Crippen molar-refractivity contribution in [2.24, 2.45) is 0 Å². The van der Waals surface area contributed by atoms with Crippen LogP contribution in [0.2, 0.25) is 0 Å². The monoisotopic (exact) mass is 242 g/mol. The molecule has 0 aliphatic carbocycles. The third-order valence-electron chi connectivity index (χ3n) is 1.77. The highest BCUT2D eigenvalue weighted by atomic mass is 35.5. The molecule has 0 rings (SSSR count). The number of rotatable bonds is 6. The molecule has 4 nitrogen and oxygen atoms in total. The Balaban J connectivity index is 0. The van der Waals surface area contributed by atoms with Crippen molar-refractivity contribution < 1.29 is 9.90 Å². The Morgan fingerprint density at radius 1 is 1.57 bits per heavy atom. The molecule has 14 heavy (non-hydrogen) atoms. The summed E-state index contributed by atoms with van der Waals surface area (Å²) in [5.41, 5.74) is 0. The molecule has 0 radical (unpaired) electrons. The van der Waals surface area contributed by atoms with Crippen molar-refractivity contribution in [2.75, 3.05) is 26.5 Å². The molecule has 3 N–H and O–H groups in total. The number of hydrogen-bond donors (Lipinski definition) is 3. The molecule has 0 aromatic heterocycles. The van der Waals surface area contributed by atoms with Gasteiger partial charge in [-0.1, -0.05) is 0 Å². The van der Waals surface area contributed by atoms with Gasteiger partial charge in [-0.2, -0.15) is 11.8 Å². The minimum absolute atomic E-state index is 0. The van der Waals surface area contributed by atoms with Crippen LogP contribution in [-0.4, -0.2) is 48.8 Å². The van der Waals surface area contributed by atoms with Gasteiger partial charge < -0.3 is 15.7 Å². The van der Waals surface area contributed by atoms with E-state index in [0.717, 1.165) is 0 Å². The summed E-state index contributed by atoms with van der Waals surface area (Å²) in [6.07, 6.45) is 1.92. The molecular weight excluding hydrogens is 224 g/mol. The van der Waals surface area contributed by atoms with Crippen LogP contribution in [0, 0.1) is 0 Å². The van der Waals surface area contributed by atoms with Crippen LogP contribution in [0.25, 0.3) is 0 Å². The average Bonchev–Trinajstić information content (AvgIpc) is 2.06. The zero-order valence-corrected chi connectivity index (χ0v) is 10.4. The first-order valence-corrected chi connectivity index (χ1v) is 5.52. The predicted octanol–water partition coefficient (Wildman–Crippen LogP) is -0.144. The molecule has 0 saturated carbocycles. The van der Waals surface area contributed by atoms with Crippen LogP contribution in [0.3, 0.4) is 0 Å². The maximum atomic E-state index is 11.1. The van der Waals surface area contributed by atoms with E-state index < -0.39 is 0 Å². The lowest BCUT2D eigenvalue weighted by atomic mass is 10.2. The van der Waals surface area contributed by atoms with Crippen molar-refractivity contribution >= 4 is 30.1 Å². The van der Waals surface area contributed by atoms with Gasteiger partial charge in [-0.3, -0.25) is 4.79 Å². The smallest absolute Gasteiger partial charge is 0.234 e. The van der Waals surface area contributed by atoms with Gasteiger partial charge in [0.1, 0.15) is 0 Å². The average molecular weight is 243 g/mol. The van der Waals surface area contributed by atoms with Crippen molar-refractivity contribution in [3.05, 3.63) is 0 Å². The molecule has 2 unspecified atom stereocenters. The number of hydrogen-bond acceptors (Lipinski definition) is 4. The van der Waals surface area contributed by atoms with Crippen molar-refractivity contribution in [1.82, 2.24) is 10.6 Å². The number of halogens is 1. The lowest BCUT2D eigenvalue weighted by Gasteiger charge is -2.21. The summed E-state index contributed by atoms with van der Waals surface area (Å²) < 4.78 is 0. The predicted molar refractivity (Wildman–Crippen MR) is 63.2 cm³/mol. The largest absolute Gasteiger partial charge is 0.395 e. The molecular formula is C8H19ClN2O2S. The zero-order chi connectivity index (χ0) is 10.3. The first-order valence-electron chi connectivity index (χ1n) is 4.23. The van der Waals surface area contributed by atoms with Gasteiger partial charge in [0.2, 0.25) is 5.91 Å². The van der Waals surface area contributed by atoms with E-state index >= 15 is 0 Å². The summed E-state index contributed by atoms with van der Waals surface area (Å²) in [5, 5.41) is 14.6. The highest BCUT2D eigenvalue weighted by Gasteiger charge is 2.16. The third kappa shape index (κ3) is 6.48. The van der Waals surface area contributed by atoms with Crippen LogP contribution in [0.5, 0.6) is 0 Å². The van der Waals surface area contributed by atoms with E-state index in [0.29, 0.717) is 6.54 Å². The molecule has 0 aromatic rings. The molecule has 1 amide bonds. The summed E-state index contributed by atoms with van der Waals surface area (Å²) in [6, 6.07) is 0.000787. The number of likely N-dealkylation sites (N-methyl/N-ethyl adjacent to an activating group) is 1. The van der Waals surface area contributed by atoms with Gasteiger partial charge in [0.05, 0.1) is 13.2 Å². The molecule has 0 aliphatic rings. The van der Waals surface area contributed by atoms with E-state index in [2.05, 4.69) is 10.6 Å². The topological polar surface area (TPSA) is 61.4 Å². The van der Waals surface area contributed by atoms with E-state index in [1.54, 1.807) is 18.8 Å². The Labute approximate surface area is 95.6 Å².